The van der Waals surface area contributed by atoms with Crippen LogP contribution < -0.4 is 0 Å². The smallest absolute Gasteiger partial charge is 0.290 e. The summed E-state index contributed by atoms with van der Waals surface area (Å²) < 4.78 is 0. The molecule has 9 heavy (non-hydrogen) atoms. The molecule has 54 valence electrons. The van der Waals surface area contributed by atoms with Crippen LogP contribution >= 0.6 is 0 Å². The summed E-state index contributed by atoms with van der Waals surface area (Å²) >= 11 is 0. The molecule has 0 saturated heterocycles. The third kappa shape index (κ3) is 3.97. The molecule has 0 spiro atoms. The van der Waals surface area contributed by atoms with Crippen molar-refractivity contribution in [3.63, 3.8) is 0 Å². The lowest BCUT2D eigenvalue weighted by molar-refractivity contribution is -0.122. The van der Waals surface area contributed by atoms with Gasteiger partial charge in [0.1, 0.15) is 0 Å². The van der Waals surface area contributed by atoms with Crippen LogP contribution in [0.15, 0.2) is 0 Å². The molecule has 0 aromatic rings. The van der Waals surface area contributed by atoms with Crippen LogP contribution in [-0.2, 0) is 4.79 Å². The van der Waals surface area contributed by atoms with Gasteiger partial charge >= 0.3 is 0 Å². The minimum Gasteiger partial charge on any atom is -0.483 e. The predicted molar refractivity (Wildman–Crippen MR) is 33.1 cm³/mol. The highest BCUT2D eigenvalue weighted by atomic mass is 16.3. The van der Waals surface area contributed by atoms with Crippen LogP contribution in [0, 0.1) is 5.92 Å². The molecule has 1 aliphatic carbocycles. The molecule has 0 amide bonds. The van der Waals surface area contributed by atoms with Crippen molar-refractivity contribution < 1.29 is 15.0 Å². The van der Waals surface area contributed by atoms with Crippen LogP contribution in [0.5, 0.6) is 0 Å². The molecular formula is C6H12O3. The van der Waals surface area contributed by atoms with Crippen molar-refractivity contribution in [2.24, 2.45) is 5.92 Å². The highest BCUT2D eigenvalue weighted by molar-refractivity contribution is 5.32. The van der Waals surface area contributed by atoms with E-state index in [0.717, 1.165) is 18.8 Å². The van der Waals surface area contributed by atoms with Gasteiger partial charge in [-0.05, 0) is 18.8 Å². The van der Waals surface area contributed by atoms with Gasteiger partial charge in [0.15, 0.2) is 0 Å². The van der Waals surface area contributed by atoms with Crippen LogP contribution in [0.3, 0.4) is 0 Å². The molecule has 1 fully saturated rings. The molecule has 0 aromatic heterocycles. The first-order valence-corrected chi connectivity index (χ1v) is 2.96. The van der Waals surface area contributed by atoms with E-state index in [0.29, 0.717) is 0 Å². The summed E-state index contributed by atoms with van der Waals surface area (Å²) in [7, 11) is 0. The molecule has 0 atom stereocenters. The molecule has 0 radical (unpaired) electrons. The van der Waals surface area contributed by atoms with Crippen LogP contribution in [0.25, 0.3) is 0 Å². The van der Waals surface area contributed by atoms with Crippen LogP contribution in [-0.4, -0.2) is 22.8 Å². The molecule has 0 aliphatic heterocycles. The minimum atomic E-state index is -0.250. The normalized spacial score (nSPS) is 31.3. The van der Waals surface area contributed by atoms with Gasteiger partial charge < -0.3 is 10.2 Å². The number of hydrogen-bond acceptors (Lipinski definition) is 2. The number of aliphatic hydroxyl groups is 1. The minimum absolute atomic E-state index is 0.0417. The van der Waals surface area contributed by atoms with E-state index >= 15 is 0 Å². The van der Waals surface area contributed by atoms with Crippen molar-refractivity contribution in [1.82, 2.24) is 0 Å². The summed E-state index contributed by atoms with van der Waals surface area (Å²) in [5.74, 6) is 0.792. The molecule has 1 aliphatic rings. The zero-order valence-corrected chi connectivity index (χ0v) is 5.45. The fourth-order valence-electron chi connectivity index (χ4n) is 0.860. The summed E-state index contributed by atoms with van der Waals surface area (Å²) in [6.07, 6.45) is 2.10. The highest BCUT2D eigenvalue weighted by Crippen LogP contribution is 2.25. The van der Waals surface area contributed by atoms with Gasteiger partial charge in [0, 0.05) is 0 Å². The maximum absolute atomic E-state index is 8.62. The molecule has 3 nitrogen and oxygen atoms in total. The largest absolute Gasteiger partial charge is 0.483 e. The Morgan fingerprint density at radius 2 is 1.89 bits per heavy atom. The van der Waals surface area contributed by atoms with Gasteiger partial charge in [0.05, 0.1) is 6.10 Å². The Morgan fingerprint density at radius 1 is 1.56 bits per heavy atom. The molecule has 2 N–H and O–H groups in total. The first kappa shape index (κ1) is 8.43. The Labute approximate surface area is 54.3 Å². The van der Waals surface area contributed by atoms with Crippen molar-refractivity contribution in [1.29, 1.82) is 0 Å². The second-order valence-electron chi connectivity index (χ2n) is 2.34. The van der Waals surface area contributed by atoms with E-state index in [-0.39, 0.29) is 12.6 Å². The highest BCUT2D eigenvalue weighted by Gasteiger charge is 2.21. The standard InChI is InChI=1S/C5H10O.CH2O2/c1-4-2-5(6)3-4;2-1-3/h4-6H,2-3H2,1H3;1H,(H,2,3). The average molecular weight is 132 g/mol. The first-order chi connectivity index (χ1) is 4.20. The topological polar surface area (TPSA) is 57.5 Å². The number of carbonyl (C=O) groups is 1. The van der Waals surface area contributed by atoms with Crippen molar-refractivity contribution in [3.8, 4) is 0 Å². The van der Waals surface area contributed by atoms with Gasteiger partial charge in [0.2, 0.25) is 0 Å². The monoisotopic (exact) mass is 132 g/mol. The number of hydrogen-bond donors (Lipinski definition) is 2. The van der Waals surface area contributed by atoms with Crippen LogP contribution in [0.1, 0.15) is 19.8 Å². The molecule has 1 saturated carbocycles. The van der Waals surface area contributed by atoms with E-state index < -0.39 is 0 Å². The molecule has 0 aromatic carbocycles. The summed E-state index contributed by atoms with van der Waals surface area (Å²) in [6.45, 7) is 1.91. The Bertz CT molecular complexity index is 70.4. The fraction of sp³-hybridized carbons (Fsp3) is 0.833. The van der Waals surface area contributed by atoms with Gasteiger partial charge in [-0.2, -0.15) is 0 Å². The second kappa shape index (κ2) is 4.32. The summed E-state index contributed by atoms with van der Waals surface area (Å²) in [6, 6.07) is 0. The second-order valence-corrected chi connectivity index (χ2v) is 2.34. The lowest BCUT2D eigenvalue weighted by atomic mass is 9.84. The quantitative estimate of drug-likeness (QED) is 0.471. The molecular weight excluding hydrogens is 120 g/mol. The number of rotatable bonds is 0. The Balaban J connectivity index is 0.000000187. The maximum atomic E-state index is 8.62. The van der Waals surface area contributed by atoms with Crippen molar-refractivity contribution in [2.75, 3.05) is 0 Å². The molecule has 3 heteroatoms. The summed E-state index contributed by atoms with van der Waals surface area (Å²) in [5.41, 5.74) is 0. The van der Waals surface area contributed by atoms with E-state index in [1.807, 2.05) is 0 Å². The van der Waals surface area contributed by atoms with Crippen LogP contribution in [0.4, 0.5) is 0 Å². The zero-order valence-electron chi connectivity index (χ0n) is 5.45. The maximum Gasteiger partial charge on any atom is 0.290 e. The third-order valence-electron chi connectivity index (χ3n) is 1.35. The average Bonchev–Trinajstić information content (AvgIpc) is 1.65. The van der Waals surface area contributed by atoms with Gasteiger partial charge in [-0.3, -0.25) is 4.79 Å². The van der Waals surface area contributed by atoms with Gasteiger partial charge in [0.25, 0.3) is 6.47 Å². The van der Waals surface area contributed by atoms with Gasteiger partial charge in [-0.25, -0.2) is 0 Å². The van der Waals surface area contributed by atoms with E-state index in [1.54, 1.807) is 0 Å². The van der Waals surface area contributed by atoms with Crippen LogP contribution in [0.2, 0.25) is 0 Å². The SMILES string of the molecule is CC1CC(O)C1.O=CO. The molecule has 1 rings (SSSR count). The van der Waals surface area contributed by atoms with Crippen molar-refractivity contribution >= 4 is 6.47 Å². The summed E-state index contributed by atoms with van der Waals surface area (Å²) in [5, 5.41) is 15.5. The first-order valence-electron chi connectivity index (χ1n) is 2.96. The lowest BCUT2D eigenvalue weighted by Gasteiger charge is -2.27. The van der Waals surface area contributed by atoms with E-state index in [9.17, 15) is 0 Å². The van der Waals surface area contributed by atoms with Crippen molar-refractivity contribution in [2.45, 2.75) is 25.9 Å². The molecule has 0 heterocycles. The fourth-order valence-corrected chi connectivity index (χ4v) is 0.860. The van der Waals surface area contributed by atoms with Gasteiger partial charge in [-0.15, -0.1) is 0 Å². The number of aliphatic hydroxyl groups excluding tert-OH is 1. The molecule has 0 unspecified atom stereocenters. The Morgan fingerprint density at radius 3 is 1.89 bits per heavy atom. The van der Waals surface area contributed by atoms with E-state index in [2.05, 4.69) is 6.92 Å². The number of carboxylic acid groups (broad SMARTS) is 1. The van der Waals surface area contributed by atoms with Gasteiger partial charge in [-0.1, -0.05) is 6.92 Å². The van der Waals surface area contributed by atoms with E-state index in [1.165, 1.54) is 0 Å². The third-order valence-corrected chi connectivity index (χ3v) is 1.35. The van der Waals surface area contributed by atoms with Crippen molar-refractivity contribution in [3.05, 3.63) is 0 Å². The predicted octanol–water partition coefficient (Wildman–Crippen LogP) is 0.478. The summed E-state index contributed by atoms with van der Waals surface area (Å²) in [4.78, 5) is 8.36. The lowest BCUT2D eigenvalue weighted by Crippen LogP contribution is -2.25. The zero-order chi connectivity index (χ0) is 7.28. The van der Waals surface area contributed by atoms with E-state index in [4.69, 9.17) is 15.0 Å². The Kier molecular flexibility index (Phi) is 4.05. The Hall–Kier alpha value is -0.570. The molecule has 0 bridgehead atoms.